The quantitative estimate of drug-likeness (QED) is 0.550. The number of sulfonamides is 1. The lowest BCUT2D eigenvalue weighted by Crippen LogP contribution is -2.54. The molecule has 8 nitrogen and oxygen atoms in total. The van der Waals surface area contributed by atoms with Crippen LogP contribution in [0.2, 0.25) is 5.02 Å². The van der Waals surface area contributed by atoms with Crippen LogP contribution in [0, 0.1) is 0 Å². The zero-order chi connectivity index (χ0) is 21.6. The van der Waals surface area contributed by atoms with Crippen molar-refractivity contribution in [1.29, 1.82) is 0 Å². The number of aryl methyl sites for hydroxylation is 2. The highest BCUT2D eigenvalue weighted by molar-refractivity contribution is 7.89. The first-order valence-corrected chi connectivity index (χ1v) is 11.1. The van der Waals surface area contributed by atoms with Gasteiger partial charge in [-0.05, 0) is 29.8 Å². The van der Waals surface area contributed by atoms with Gasteiger partial charge < -0.3 is 13.9 Å². The molecular weight excluding hydrogens is 430 g/mol. The van der Waals surface area contributed by atoms with E-state index in [1.807, 2.05) is 18.2 Å². The van der Waals surface area contributed by atoms with E-state index in [2.05, 4.69) is 0 Å². The Balaban J connectivity index is 1.52. The number of halogens is 1. The largest absolute Gasteiger partial charge is 0.371 e. The molecule has 1 saturated heterocycles. The Bertz CT molecular complexity index is 1360. The molecule has 0 atom stereocenters. The lowest BCUT2D eigenvalue weighted by atomic mass is 10.2. The van der Waals surface area contributed by atoms with Gasteiger partial charge >= 0.3 is 11.1 Å². The first-order chi connectivity index (χ1) is 14.2. The molecule has 30 heavy (non-hydrogen) atoms. The van der Waals surface area contributed by atoms with Crippen LogP contribution in [-0.2, 0) is 35.5 Å². The highest BCUT2D eigenvalue weighted by atomic mass is 35.5. The fourth-order valence-corrected chi connectivity index (χ4v) is 5.11. The second-order valence-corrected chi connectivity index (χ2v) is 9.57. The first-order valence-electron chi connectivity index (χ1n) is 9.25. The van der Waals surface area contributed by atoms with Crippen LogP contribution in [0.15, 0.2) is 56.9 Å². The summed E-state index contributed by atoms with van der Waals surface area (Å²) in [5.41, 5.74) is 0.320. The fourth-order valence-electron chi connectivity index (χ4n) is 3.40. The molecule has 158 valence electrons. The summed E-state index contributed by atoms with van der Waals surface area (Å²) in [7, 11) is -0.814. The summed E-state index contributed by atoms with van der Waals surface area (Å²) in [6.45, 7) is 0.776. The summed E-state index contributed by atoms with van der Waals surface area (Å²) in [5.74, 6) is 0. The highest BCUT2D eigenvalue weighted by Crippen LogP contribution is 2.26. The van der Waals surface area contributed by atoms with E-state index in [9.17, 15) is 18.0 Å². The number of hydrogen-bond donors (Lipinski definition) is 0. The standard InChI is InChI=1S/C20H20ClN3O5S/c1-22-17-8-7-15(9-18(17)23(2)20(26)19(22)25)30(27,28)24-10-14(11-24)29-12-13-5-3-4-6-16(13)21/h3-9,14H,10-12H2,1-2H3. The van der Waals surface area contributed by atoms with Crippen LogP contribution >= 0.6 is 11.6 Å². The van der Waals surface area contributed by atoms with Crippen molar-refractivity contribution in [3.05, 3.63) is 73.8 Å². The summed E-state index contributed by atoms with van der Waals surface area (Å²) >= 11 is 6.11. The number of benzene rings is 2. The minimum Gasteiger partial charge on any atom is -0.371 e. The van der Waals surface area contributed by atoms with Crippen LogP contribution in [0.25, 0.3) is 11.0 Å². The number of nitrogens with zero attached hydrogens (tertiary/aromatic N) is 3. The minimum absolute atomic E-state index is 0.0632. The average molecular weight is 450 g/mol. The summed E-state index contributed by atoms with van der Waals surface area (Å²) in [6.07, 6.45) is -0.221. The number of fused-ring (bicyclic) bond motifs is 1. The van der Waals surface area contributed by atoms with Gasteiger partial charge in [-0.3, -0.25) is 9.59 Å². The number of ether oxygens (including phenoxy) is 1. The normalized spacial score (nSPS) is 15.4. The maximum absolute atomic E-state index is 13.0. The predicted molar refractivity (Wildman–Crippen MR) is 113 cm³/mol. The van der Waals surface area contributed by atoms with Crippen LogP contribution in [0.5, 0.6) is 0 Å². The Hall–Kier alpha value is -2.46. The van der Waals surface area contributed by atoms with Crippen LogP contribution in [-0.4, -0.2) is 41.1 Å². The molecule has 0 bridgehead atoms. The lowest BCUT2D eigenvalue weighted by molar-refractivity contribution is -0.0295. The maximum atomic E-state index is 13.0. The van der Waals surface area contributed by atoms with Gasteiger partial charge in [-0.2, -0.15) is 4.31 Å². The van der Waals surface area contributed by atoms with Crippen molar-refractivity contribution in [3.8, 4) is 0 Å². The van der Waals surface area contributed by atoms with E-state index in [1.54, 1.807) is 6.07 Å². The molecule has 4 rings (SSSR count). The summed E-state index contributed by atoms with van der Waals surface area (Å²) in [6, 6.07) is 11.7. The van der Waals surface area contributed by atoms with E-state index in [1.165, 1.54) is 45.7 Å². The monoisotopic (exact) mass is 449 g/mol. The Kier molecular flexibility index (Phi) is 5.31. The Labute approximate surface area is 177 Å². The van der Waals surface area contributed by atoms with Crippen molar-refractivity contribution in [1.82, 2.24) is 13.4 Å². The van der Waals surface area contributed by atoms with Crippen molar-refractivity contribution in [2.24, 2.45) is 14.1 Å². The Morgan fingerprint density at radius 2 is 1.63 bits per heavy atom. The SMILES string of the molecule is Cn1c(=O)c(=O)n(C)c2cc(S(=O)(=O)N3CC(OCc4ccccc4Cl)C3)ccc21. The zero-order valence-corrected chi connectivity index (χ0v) is 18.0. The van der Waals surface area contributed by atoms with Gasteiger partial charge in [-0.15, -0.1) is 0 Å². The number of aromatic nitrogens is 2. The molecule has 1 aromatic heterocycles. The lowest BCUT2D eigenvalue weighted by Gasteiger charge is -2.37. The molecule has 0 saturated carbocycles. The van der Waals surface area contributed by atoms with Gasteiger partial charge in [0.1, 0.15) is 0 Å². The third-order valence-corrected chi connectivity index (χ3v) is 7.54. The Morgan fingerprint density at radius 3 is 2.30 bits per heavy atom. The van der Waals surface area contributed by atoms with Crippen molar-refractivity contribution in [3.63, 3.8) is 0 Å². The average Bonchev–Trinajstić information content (AvgIpc) is 2.70. The van der Waals surface area contributed by atoms with Crippen molar-refractivity contribution in [2.45, 2.75) is 17.6 Å². The number of hydrogen-bond acceptors (Lipinski definition) is 5. The molecule has 10 heteroatoms. The molecule has 3 aromatic rings. The van der Waals surface area contributed by atoms with Gasteiger partial charge in [0.15, 0.2) is 0 Å². The second-order valence-electron chi connectivity index (χ2n) is 7.23. The van der Waals surface area contributed by atoms with Gasteiger partial charge in [0.25, 0.3) is 0 Å². The van der Waals surface area contributed by atoms with E-state index in [-0.39, 0.29) is 24.1 Å². The van der Waals surface area contributed by atoms with Gasteiger partial charge in [0.2, 0.25) is 10.0 Å². The molecule has 0 spiro atoms. The van der Waals surface area contributed by atoms with Gasteiger partial charge in [0.05, 0.1) is 28.6 Å². The van der Waals surface area contributed by atoms with Gasteiger partial charge in [-0.25, -0.2) is 8.42 Å². The van der Waals surface area contributed by atoms with Crippen LogP contribution < -0.4 is 11.1 Å². The summed E-state index contributed by atoms with van der Waals surface area (Å²) < 4.78 is 35.4. The van der Waals surface area contributed by atoms with Crippen LogP contribution in [0.3, 0.4) is 0 Å². The first kappa shape index (κ1) is 20.8. The van der Waals surface area contributed by atoms with Crippen molar-refractivity contribution >= 4 is 32.7 Å². The molecule has 1 aliphatic heterocycles. The highest BCUT2D eigenvalue weighted by Gasteiger charge is 2.37. The van der Waals surface area contributed by atoms with Crippen molar-refractivity contribution in [2.75, 3.05) is 13.1 Å². The fraction of sp³-hybridized carbons (Fsp3) is 0.300. The molecule has 0 unspecified atom stereocenters. The molecule has 0 aliphatic carbocycles. The molecule has 2 heterocycles. The third kappa shape index (κ3) is 3.47. The van der Waals surface area contributed by atoms with Gasteiger partial charge in [0, 0.05) is 32.2 Å². The molecule has 0 amide bonds. The minimum atomic E-state index is -3.75. The smallest absolute Gasteiger partial charge is 0.316 e. The van der Waals surface area contributed by atoms with Crippen LogP contribution in [0.1, 0.15) is 5.56 Å². The summed E-state index contributed by atoms with van der Waals surface area (Å²) in [5, 5.41) is 0.609. The van der Waals surface area contributed by atoms with Gasteiger partial charge in [-0.1, -0.05) is 29.8 Å². The van der Waals surface area contributed by atoms with E-state index in [0.717, 1.165) is 5.56 Å². The molecule has 0 radical (unpaired) electrons. The van der Waals surface area contributed by atoms with E-state index >= 15 is 0 Å². The molecule has 1 aliphatic rings. The molecule has 2 aromatic carbocycles. The summed E-state index contributed by atoms with van der Waals surface area (Å²) in [4.78, 5) is 24.1. The van der Waals surface area contributed by atoms with E-state index in [0.29, 0.717) is 22.7 Å². The van der Waals surface area contributed by atoms with Crippen molar-refractivity contribution < 1.29 is 13.2 Å². The third-order valence-electron chi connectivity index (χ3n) is 5.35. The second kappa shape index (κ2) is 7.66. The van der Waals surface area contributed by atoms with E-state index < -0.39 is 21.1 Å². The maximum Gasteiger partial charge on any atom is 0.316 e. The predicted octanol–water partition coefficient (Wildman–Crippen LogP) is 1.48. The van der Waals surface area contributed by atoms with E-state index in [4.69, 9.17) is 16.3 Å². The topological polar surface area (TPSA) is 90.6 Å². The molecule has 0 N–H and O–H groups in total. The molecule has 1 fully saturated rings. The zero-order valence-electron chi connectivity index (χ0n) is 16.4. The molecular formula is C20H20ClN3O5S. The Morgan fingerprint density at radius 1 is 1.00 bits per heavy atom. The number of rotatable bonds is 5. The van der Waals surface area contributed by atoms with Crippen LogP contribution in [0.4, 0.5) is 0 Å².